The summed E-state index contributed by atoms with van der Waals surface area (Å²) >= 11 is 0. The largest absolute Gasteiger partial charge is 0.374 e. The van der Waals surface area contributed by atoms with Gasteiger partial charge in [-0.2, -0.15) is 0 Å². The minimum Gasteiger partial charge on any atom is -0.374 e. The van der Waals surface area contributed by atoms with Gasteiger partial charge in [0.05, 0.1) is 12.7 Å². The lowest BCUT2D eigenvalue weighted by atomic mass is 10.1. The molecule has 0 aliphatic heterocycles. The molecule has 1 N–H and O–H groups in total. The molecular weight excluding hydrogens is 222 g/mol. The van der Waals surface area contributed by atoms with Crippen LogP contribution in [0.25, 0.3) is 0 Å². The van der Waals surface area contributed by atoms with Crippen LogP contribution >= 0.6 is 0 Å². The van der Waals surface area contributed by atoms with Crippen molar-refractivity contribution >= 4 is 0 Å². The molecule has 0 saturated carbocycles. The van der Waals surface area contributed by atoms with Gasteiger partial charge in [-0.05, 0) is 24.5 Å². The first-order valence-corrected chi connectivity index (χ1v) is 7.04. The zero-order valence-electron chi connectivity index (χ0n) is 12.2. The normalized spacial score (nSPS) is 12.9. The van der Waals surface area contributed by atoms with Crippen LogP contribution in [0.3, 0.4) is 0 Å². The fraction of sp³-hybridized carbons (Fsp3) is 0.625. The zero-order chi connectivity index (χ0) is 13.4. The quantitative estimate of drug-likeness (QED) is 0.754. The molecule has 0 saturated heterocycles. The molecule has 2 nitrogen and oxygen atoms in total. The van der Waals surface area contributed by atoms with Crippen LogP contribution in [0.15, 0.2) is 24.3 Å². The molecule has 2 heteroatoms. The van der Waals surface area contributed by atoms with Crippen LogP contribution in [-0.2, 0) is 17.9 Å². The van der Waals surface area contributed by atoms with Gasteiger partial charge in [0.25, 0.3) is 0 Å². The van der Waals surface area contributed by atoms with Crippen molar-refractivity contribution in [2.75, 3.05) is 0 Å². The molecule has 1 aromatic rings. The maximum absolute atomic E-state index is 5.83. The second-order valence-corrected chi connectivity index (χ2v) is 5.27. The molecule has 0 aliphatic carbocycles. The van der Waals surface area contributed by atoms with Gasteiger partial charge in [-0.15, -0.1) is 0 Å². The molecule has 102 valence electrons. The van der Waals surface area contributed by atoms with Gasteiger partial charge in [0.15, 0.2) is 0 Å². The van der Waals surface area contributed by atoms with Gasteiger partial charge in [0, 0.05) is 12.6 Å². The second-order valence-electron chi connectivity index (χ2n) is 5.27. The monoisotopic (exact) mass is 249 g/mol. The van der Waals surface area contributed by atoms with E-state index in [1.165, 1.54) is 17.5 Å². The summed E-state index contributed by atoms with van der Waals surface area (Å²) in [5.74, 6) is 0. The average molecular weight is 249 g/mol. The van der Waals surface area contributed by atoms with Crippen LogP contribution in [0.1, 0.15) is 51.7 Å². The summed E-state index contributed by atoms with van der Waals surface area (Å²) in [6.07, 6.45) is 2.67. The van der Waals surface area contributed by atoms with Crippen molar-refractivity contribution in [3.8, 4) is 0 Å². The Hall–Kier alpha value is -0.860. The van der Waals surface area contributed by atoms with Crippen molar-refractivity contribution < 1.29 is 4.74 Å². The zero-order valence-corrected chi connectivity index (χ0v) is 12.2. The Balaban J connectivity index is 2.43. The maximum atomic E-state index is 5.83. The Labute approximate surface area is 112 Å². The summed E-state index contributed by atoms with van der Waals surface area (Å²) in [5, 5.41) is 3.43. The second kappa shape index (κ2) is 8.28. The summed E-state index contributed by atoms with van der Waals surface area (Å²) in [4.78, 5) is 0. The third-order valence-corrected chi connectivity index (χ3v) is 2.94. The molecule has 0 radical (unpaired) electrons. The molecule has 1 unspecified atom stereocenters. The van der Waals surface area contributed by atoms with Crippen molar-refractivity contribution in [3.05, 3.63) is 35.4 Å². The van der Waals surface area contributed by atoms with Gasteiger partial charge < -0.3 is 10.1 Å². The minimum absolute atomic E-state index is 0.354. The van der Waals surface area contributed by atoms with Crippen molar-refractivity contribution in [1.29, 1.82) is 0 Å². The van der Waals surface area contributed by atoms with Crippen molar-refractivity contribution in [2.45, 2.75) is 65.8 Å². The molecule has 1 atom stereocenters. The smallest absolute Gasteiger partial charge is 0.0720 e. The van der Waals surface area contributed by atoms with Gasteiger partial charge in [0.1, 0.15) is 0 Å². The van der Waals surface area contributed by atoms with Crippen molar-refractivity contribution in [3.63, 3.8) is 0 Å². The van der Waals surface area contributed by atoms with Crippen molar-refractivity contribution in [1.82, 2.24) is 5.32 Å². The van der Waals surface area contributed by atoms with Gasteiger partial charge in [-0.1, -0.05) is 51.5 Å². The predicted octanol–water partition coefficient (Wildman–Crippen LogP) is 3.89. The summed E-state index contributed by atoms with van der Waals surface area (Å²) in [5.41, 5.74) is 2.59. The standard InChI is InChI=1S/C16H27NO/c1-5-7-14(4)18-12-16-9-6-8-15(10-16)11-17-13(2)3/h6,8-10,13-14,17H,5,7,11-12H2,1-4H3. The third kappa shape index (κ3) is 6.18. The van der Waals surface area contributed by atoms with Gasteiger partial charge in [0.2, 0.25) is 0 Å². The summed E-state index contributed by atoms with van der Waals surface area (Å²) in [6.45, 7) is 10.3. The van der Waals surface area contributed by atoms with E-state index in [1.54, 1.807) is 0 Å². The lowest BCUT2D eigenvalue weighted by Gasteiger charge is -2.13. The van der Waals surface area contributed by atoms with E-state index in [0.29, 0.717) is 12.1 Å². The molecule has 0 heterocycles. The molecule has 1 aromatic carbocycles. The van der Waals surface area contributed by atoms with E-state index in [0.717, 1.165) is 19.6 Å². The van der Waals surface area contributed by atoms with Gasteiger partial charge >= 0.3 is 0 Å². The first-order chi connectivity index (χ1) is 8.61. The Morgan fingerprint density at radius 3 is 2.56 bits per heavy atom. The predicted molar refractivity (Wildman–Crippen MR) is 77.6 cm³/mol. The Morgan fingerprint density at radius 1 is 1.17 bits per heavy atom. The highest BCUT2D eigenvalue weighted by Crippen LogP contribution is 2.10. The Morgan fingerprint density at radius 2 is 1.89 bits per heavy atom. The fourth-order valence-electron chi connectivity index (χ4n) is 1.88. The van der Waals surface area contributed by atoms with E-state index in [4.69, 9.17) is 4.74 Å². The van der Waals surface area contributed by atoms with Crippen LogP contribution in [-0.4, -0.2) is 12.1 Å². The van der Waals surface area contributed by atoms with Crippen LogP contribution < -0.4 is 5.32 Å². The molecular formula is C16H27NO. The van der Waals surface area contributed by atoms with Crippen LogP contribution in [0.4, 0.5) is 0 Å². The maximum Gasteiger partial charge on any atom is 0.0720 e. The molecule has 18 heavy (non-hydrogen) atoms. The fourth-order valence-corrected chi connectivity index (χ4v) is 1.88. The molecule has 0 aromatic heterocycles. The highest BCUT2D eigenvalue weighted by Gasteiger charge is 2.02. The molecule has 0 bridgehead atoms. The molecule has 1 rings (SSSR count). The number of hydrogen-bond donors (Lipinski definition) is 1. The minimum atomic E-state index is 0.354. The number of benzene rings is 1. The first kappa shape index (κ1) is 15.2. The van der Waals surface area contributed by atoms with Crippen LogP contribution in [0.5, 0.6) is 0 Å². The Bertz CT molecular complexity index is 336. The van der Waals surface area contributed by atoms with E-state index in [-0.39, 0.29) is 0 Å². The van der Waals surface area contributed by atoms with Crippen LogP contribution in [0, 0.1) is 0 Å². The molecule has 0 fully saturated rings. The Kier molecular flexibility index (Phi) is 6.99. The highest BCUT2D eigenvalue weighted by molar-refractivity contribution is 5.22. The van der Waals surface area contributed by atoms with E-state index < -0.39 is 0 Å². The summed E-state index contributed by atoms with van der Waals surface area (Å²) < 4.78 is 5.83. The van der Waals surface area contributed by atoms with E-state index in [9.17, 15) is 0 Å². The lowest BCUT2D eigenvalue weighted by molar-refractivity contribution is 0.0471. The van der Waals surface area contributed by atoms with Crippen LogP contribution in [0.2, 0.25) is 0 Å². The summed E-state index contributed by atoms with van der Waals surface area (Å²) in [6, 6.07) is 9.16. The SMILES string of the molecule is CCCC(C)OCc1cccc(CNC(C)C)c1. The van der Waals surface area contributed by atoms with Crippen molar-refractivity contribution in [2.24, 2.45) is 0 Å². The first-order valence-electron chi connectivity index (χ1n) is 7.04. The number of nitrogens with one attached hydrogen (secondary N) is 1. The van der Waals surface area contributed by atoms with E-state index in [1.807, 2.05) is 0 Å². The molecule has 0 aliphatic rings. The number of ether oxygens (including phenoxy) is 1. The molecule has 0 spiro atoms. The highest BCUT2D eigenvalue weighted by atomic mass is 16.5. The average Bonchev–Trinajstić information content (AvgIpc) is 2.35. The van der Waals surface area contributed by atoms with E-state index >= 15 is 0 Å². The third-order valence-electron chi connectivity index (χ3n) is 2.94. The van der Waals surface area contributed by atoms with E-state index in [2.05, 4.69) is 57.3 Å². The van der Waals surface area contributed by atoms with Gasteiger partial charge in [-0.3, -0.25) is 0 Å². The number of rotatable bonds is 8. The van der Waals surface area contributed by atoms with Gasteiger partial charge in [-0.25, -0.2) is 0 Å². The summed E-state index contributed by atoms with van der Waals surface area (Å²) in [7, 11) is 0. The topological polar surface area (TPSA) is 21.3 Å². The number of hydrogen-bond acceptors (Lipinski definition) is 2. The molecule has 0 amide bonds. The lowest BCUT2D eigenvalue weighted by Crippen LogP contribution is -2.21.